The molecular weight excluding hydrogens is 335 g/mol. The van der Waals surface area contributed by atoms with Gasteiger partial charge in [-0.15, -0.1) is 0 Å². The van der Waals surface area contributed by atoms with E-state index in [0.29, 0.717) is 0 Å². The van der Waals surface area contributed by atoms with Crippen molar-refractivity contribution in [3.63, 3.8) is 0 Å². The van der Waals surface area contributed by atoms with Crippen LogP contribution < -0.4 is 16.6 Å². The fourth-order valence-electron chi connectivity index (χ4n) is 1.13. The molecule has 4 N–H and O–H groups in total. The van der Waals surface area contributed by atoms with Crippen LogP contribution in [0.15, 0.2) is 22.7 Å². The lowest BCUT2D eigenvalue weighted by Gasteiger charge is -2.13. The van der Waals surface area contributed by atoms with Gasteiger partial charge in [0.25, 0.3) is 5.91 Å². The van der Waals surface area contributed by atoms with Gasteiger partial charge < -0.3 is 5.73 Å². The molecule has 0 saturated heterocycles. The Hall–Kier alpha value is -1.35. The molecule has 0 aliphatic carbocycles. The number of benzene rings is 1. The summed E-state index contributed by atoms with van der Waals surface area (Å²) in [7, 11) is 0. The lowest BCUT2D eigenvalue weighted by atomic mass is 10.1. The van der Waals surface area contributed by atoms with Gasteiger partial charge in [-0.2, -0.15) is 13.2 Å². The monoisotopic (exact) mass is 341 g/mol. The molecule has 0 aliphatic heterocycles. The molecule has 0 atom stereocenters. The van der Waals surface area contributed by atoms with Gasteiger partial charge in [-0.05, 0) is 30.4 Å². The first-order valence-corrected chi connectivity index (χ1v) is 5.64. The van der Waals surface area contributed by atoms with Gasteiger partial charge in [-0.1, -0.05) is 15.9 Å². The molecule has 1 amide bonds. The number of alkyl halides is 3. The molecular formula is C9H7BrF3N3OS. The second kappa shape index (κ2) is 5.53. The highest BCUT2D eigenvalue weighted by atomic mass is 79.9. The Labute approximate surface area is 114 Å². The van der Waals surface area contributed by atoms with E-state index < -0.39 is 23.2 Å². The molecule has 0 aliphatic rings. The fraction of sp³-hybridized carbons (Fsp3) is 0.111. The molecule has 0 aromatic heterocycles. The summed E-state index contributed by atoms with van der Waals surface area (Å²) in [5.41, 5.74) is 7.48. The van der Waals surface area contributed by atoms with Crippen molar-refractivity contribution >= 4 is 39.2 Å². The number of carbonyl (C=O) groups is 1. The summed E-state index contributed by atoms with van der Waals surface area (Å²) in [6.07, 6.45) is -4.64. The molecule has 0 spiro atoms. The minimum atomic E-state index is -4.64. The van der Waals surface area contributed by atoms with Crippen molar-refractivity contribution in [1.82, 2.24) is 10.9 Å². The number of hydrazine groups is 1. The zero-order valence-corrected chi connectivity index (χ0v) is 11.0. The highest BCUT2D eigenvalue weighted by Crippen LogP contribution is 2.33. The van der Waals surface area contributed by atoms with Crippen molar-refractivity contribution in [3.05, 3.63) is 33.8 Å². The van der Waals surface area contributed by atoms with Crippen molar-refractivity contribution in [2.45, 2.75) is 6.18 Å². The van der Waals surface area contributed by atoms with Gasteiger partial charge in [0, 0.05) is 4.47 Å². The van der Waals surface area contributed by atoms with E-state index in [-0.39, 0.29) is 9.59 Å². The van der Waals surface area contributed by atoms with Crippen LogP contribution in [0.3, 0.4) is 0 Å². The molecule has 0 saturated carbocycles. The van der Waals surface area contributed by atoms with Crippen LogP contribution >= 0.6 is 28.1 Å². The number of carbonyl (C=O) groups excluding carboxylic acids is 1. The number of hydrogen-bond donors (Lipinski definition) is 3. The molecule has 0 fully saturated rings. The van der Waals surface area contributed by atoms with Crippen LogP contribution in [0.5, 0.6) is 0 Å². The van der Waals surface area contributed by atoms with Crippen molar-refractivity contribution in [1.29, 1.82) is 0 Å². The van der Waals surface area contributed by atoms with Crippen LogP contribution in [0, 0.1) is 0 Å². The summed E-state index contributed by atoms with van der Waals surface area (Å²) in [4.78, 5) is 11.5. The van der Waals surface area contributed by atoms with Gasteiger partial charge in [0.2, 0.25) is 0 Å². The summed E-state index contributed by atoms with van der Waals surface area (Å²) in [5.74, 6) is -0.984. The second-order valence-corrected chi connectivity index (χ2v) is 4.49. The molecule has 0 heterocycles. The highest BCUT2D eigenvalue weighted by molar-refractivity contribution is 9.10. The van der Waals surface area contributed by atoms with E-state index in [1.54, 1.807) is 0 Å². The van der Waals surface area contributed by atoms with E-state index in [2.05, 4.69) is 33.6 Å². The third kappa shape index (κ3) is 3.84. The van der Waals surface area contributed by atoms with Gasteiger partial charge in [0.15, 0.2) is 5.11 Å². The quantitative estimate of drug-likeness (QED) is 0.539. The molecule has 1 aromatic carbocycles. The minimum Gasteiger partial charge on any atom is -0.375 e. The number of hydrogen-bond acceptors (Lipinski definition) is 2. The largest absolute Gasteiger partial charge is 0.417 e. The second-order valence-electron chi connectivity index (χ2n) is 3.13. The number of nitrogens with two attached hydrogens (primary N) is 1. The Bertz CT molecular complexity index is 492. The lowest BCUT2D eigenvalue weighted by Crippen LogP contribution is -2.44. The van der Waals surface area contributed by atoms with Crippen LogP contribution in [0.25, 0.3) is 0 Å². The van der Waals surface area contributed by atoms with Crippen molar-refractivity contribution in [2.24, 2.45) is 5.73 Å². The zero-order chi connectivity index (χ0) is 13.9. The van der Waals surface area contributed by atoms with Crippen molar-refractivity contribution in [2.75, 3.05) is 0 Å². The van der Waals surface area contributed by atoms with Crippen LogP contribution in [0.2, 0.25) is 0 Å². The third-order valence-corrected chi connectivity index (χ3v) is 2.43. The van der Waals surface area contributed by atoms with Gasteiger partial charge in [-0.3, -0.25) is 15.6 Å². The average molecular weight is 342 g/mol. The number of thiocarbonyl (C=S) groups is 1. The maximum absolute atomic E-state index is 12.7. The molecule has 98 valence electrons. The maximum Gasteiger partial charge on any atom is 0.417 e. The van der Waals surface area contributed by atoms with E-state index in [4.69, 9.17) is 5.73 Å². The molecule has 1 aromatic rings. The molecule has 0 unspecified atom stereocenters. The smallest absolute Gasteiger partial charge is 0.375 e. The Balaban J connectivity index is 3.08. The summed E-state index contributed by atoms with van der Waals surface area (Å²) in [5, 5.41) is -0.256. The van der Waals surface area contributed by atoms with Gasteiger partial charge >= 0.3 is 6.18 Å². The van der Waals surface area contributed by atoms with Crippen LogP contribution in [-0.4, -0.2) is 11.0 Å². The summed E-state index contributed by atoms with van der Waals surface area (Å²) < 4.78 is 38.4. The Kier molecular flexibility index (Phi) is 4.52. The van der Waals surface area contributed by atoms with Crippen molar-refractivity contribution < 1.29 is 18.0 Å². The molecule has 18 heavy (non-hydrogen) atoms. The topological polar surface area (TPSA) is 67.2 Å². The predicted molar refractivity (Wildman–Crippen MR) is 66.5 cm³/mol. The maximum atomic E-state index is 12.7. The SMILES string of the molecule is NC(=S)NNC(=O)c1ccc(Br)cc1C(F)(F)F. The van der Waals surface area contributed by atoms with E-state index in [0.717, 1.165) is 12.1 Å². The lowest BCUT2D eigenvalue weighted by molar-refractivity contribution is -0.138. The summed E-state index contributed by atoms with van der Waals surface area (Å²) >= 11 is 7.33. The fourth-order valence-corrected chi connectivity index (χ4v) is 1.55. The number of halogens is 4. The van der Waals surface area contributed by atoms with Gasteiger partial charge in [0.05, 0.1) is 11.1 Å². The van der Waals surface area contributed by atoms with E-state index in [1.165, 1.54) is 6.07 Å². The van der Waals surface area contributed by atoms with E-state index >= 15 is 0 Å². The number of amides is 1. The molecule has 4 nitrogen and oxygen atoms in total. The Morgan fingerprint density at radius 3 is 2.44 bits per heavy atom. The Morgan fingerprint density at radius 1 is 1.33 bits per heavy atom. The third-order valence-electron chi connectivity index (χ3n) is 1.83. The first-order valence-electron chi connectivity index (χ1n) is 4.44. The molecule has 0 radical (unpaired) electrons. The number of rotatable bonds is 1. The van der Waals surface area contributed by atoms with Crippen LogP contribution in [0.4, 0.5) is 13.2 Å². The summed E-state index contributed by atoms with van der Waals surface area (Å²) in [6.45, 7) is 0. The minimum absolute atomic E-state index is 0.216. The van der Waals surface area contributed by atoms with E-state index in [1.807, 2.05) is 5.43 Å². The first-order chi connectivity index (χ1) is 8.21. The van der Waals surface area contributed by atoms with Gasteiger partial charge in [0.1, 0.15) is 0 Å². The van der Waals surface area contributed by atoms with Gasteiger partial charge in [-0.25, -0.2) is 0 Å². The average Bonchev–Trinajstić information content (AvgIpc) is 2.24. The predicted octanol–water partition coefficient (Wildman–Crippen LogP) is 1.95. The van der Waals surface area contributed by atoms with Crippen LogP contribution in [0.1, 0.15) is 15.9 Å². The van der Waals surface area contributed by atoms with E-state index in [9.17, 15) is 18.0 Å². The highest BCUT2D eigenvalue weighted by Gasteiger charge is 2.35. The molecule has 0 bridgehead atoms. The molecule has 1 rings (SSSR count). The van der Waals surface area contributed by atoms with Crippen molar-refractivity contribution in [3.8, 4) is 0 Å². The first kappa shape index (κ1) is 14.7. The Morgan fingerprint density at radius 2 is 1.94 bits per heavy atom. The number of nitrogens with one attached hydrogen (secondary N) is 2. The summed E-state index contributed by atoms with van der Waals surface area (Å²) in [6, 6.07) is 3.18. The normalized spacial score (nSPS) is 10.9. The zero-order valence-electron chi connectivity index (χ0n) is 8.64. The van der Waals surface area contributed by atoms with Crippen LogP contribution in [-0.2, 0) is 6.18 Å². The molecule has 9 heteroatoms. The standard InChI is InChI=1S/C9H7BrF3N3OS/c10-4-1-2-5(6(3-4)9(11,12)13)7(17)15-16-8(14)18/h1-3H,(H,15,17)(H3,14,16,18).